The molecule has 0 amide bonds. The first-order valence-corrected chi connectivity index (χ1v) is 7.65. The molecule has 1 unspecified atom stereocenters. The maximum Gasteiger partial charge on any atom is 0.0430 e. The number of halogens is 1. The maximum absolute atomic E-state index is 6.76. The van der Waals surface area contributed by atoms with Crippen molar-refractivity contribution in [3.8, 4) is 0 Å². The molecule has 100 valence electrons. The summed E-state index contributed by atoms with van der Waals surface area (Å²) in [6.07, 6.45) is 7.71. The lowest BCUT2D eigenvalue weighted by atomic mass is 9.71. The predicted octanol–water partition coefficient (Wildman–Crippen LogP) is 5.42. The van der Waals surface area contributed by atoms with E-state index in [1.807, 2.05) is 0 Å². The fourth-order valence-corrected chi connectivity index (χ4v) is 3.52. The first-order valence-electron chi connectivity index (χ1n) is 7.21. The zero-order valence-electron chi connectivity index (χ0n) is 11.9. The average molecular weight is 265 g/mol. The largest absolute Gasteiger partial charge is 0.122 e. The smallest absolute Gasteiger partial charge is 0.0430 e. The molecule has 0 bridgehead atoms. The molecule has 0 saturated heterocycles. The molecule has 0 radical (unpaired) electrons. The summed E-state index contributed by atoms with van der Waals surface area (Å²) < 4.78 is 0. The summed E-state index contributed by atoms with van der Waals surface area (Å²) in [6.45, 7) is 6.74. The topological polar surface area (TPSA) is 0 Å². The Balaban J connectivity index is 2.10. The van der Waals surface area contributed by atoms with Gasteiger partial charge in [-0.25, -0.2) is 0 Å². The van der Waals surface area contributed by atoms with Gasteiger partial charge in [-0.3, -0.25) is 0 Å². The minimum absolute atomic E-state index is 0.276. The van der Waals surface area contributed by atoms with Gasteiger partial charge in [0.2, 0.25) is 0 Å². The summed E-state index contributed by atoms with van der Waals surface area (Å²) >= 11 is 6.76. The van der Waals surface area contributed by atoms with Crippen molar-refractivity contribution < 1.29 is 0 Å². The van der Waals surface area contributed by atoms with Crippen molar-refractivity contribution in [2.45, 2.75) is 64.7 Å². The Bertz CT molecular complexity index is 402. The van der Waals surface area contributed by atoms with Crippen LogP contribution >= 0.6 is 11.6 Å². The highest BCUT2D eigenvalue weighted by atomic mass is 35.5. The van der Waals surface area contributed by atoms with Gasteiger partial charge in [0, 0.05) is 5.38 Å². The van der Waals surface area contributed by atoms with Gasteiger partial charge >= 0.3 is 0 Å². The second-order valence-corrected chi connectivity index (χ2v) is 6.84. The molecule has 0 heterocycles. The van der Waals surface area contributed by atoms with Gasteiger partial charge in [-0.15, -0.1) is 11.6 Å². The molecule has 1 fully saturated rings. The quantitative estimate of drug-likeness (QED) is 0.639. The number of alkyl halides is 1. The van der Waals surface area contributed by atoms with Crippen molar-refractivity contribution in [3.63, 3.8) is 0 Å². The minimum atomic E-state index is 0.276. The second kappa shape index (κ2) is 5.65. The molecule has 0 aliphatic heterocycles. The third kappa shape index (κ3) is 3.09. The van der Waals surface area contributed by atoms with Crippen LogP contribution in [-0.2, 0) is 6.42 Å². The Hall–Kier alpha value is -0.490. The molecule has 1 aliphatic rings. The highest BCUT2D eigenvalue weighted by Gasteiger charge is 2.34. The Labute approximate surface area is 117 Å². The molecular weight excluding hydrogens is 240 g/mol. The highest BCUT2D eigenvalue weighted by Crippen LogP contribution is 2.42. The molecule has 0 nitrogen and oxygen atoms in total. The van der Waals surface area contributed by atoms with E-state index in [1.54, 1.807) is 0 Å². The number of rotatable bonds is 3. The van der Waals surface area contributed by atoms with E-state index in [9.17, 15) is 0 Å². The first kappa shape index (κ1) is 13.9. The van der Waals surface area contributed by atoms with E-state index in [0.29, 0.717) is 5.41 Å². The van der Waals surface area contributed by atoms with E-state index in [4.69, 9.17) is 11.6 Å². The van der Waals surface area contributed by atoms with Crippen molar-refractivity contribution in [2.75, 3.05) is 0 Å². The molecule has 18 heavy (non-hydrogen) atoms. The molecule has 1 heteroatoms. The van der Waals surface area contributed by atoms with Crippen LogP contribution in [0.25, 0.3) is 0 Å². The lowest BCUT2D eigenvalue weighted by molar-refractivity contribution is 0.205. The second-order valence-electron chi connectivity index (χ2n) is 6.32. The summed E-state index contributed by atoms with van der Waals surface area (Å²) in [7, 11) is 0. The van der Waals surface area contributed by atoms with Crippen LogP contribution in [0.3, 0.4) is 0 Å². The van der Waals surface area contributed by atoms with E-state index in [1.165, 1.54) is 48.8 Å². The van der Waals surface area contributed by atoms with Crippen LogP contribution in [0, 0.1) is 19.3 Å². The number of benzene rings is 1. The van der Waals surface area contributed by atoms with Gasteiger partial charge in [0.1, 0.15) is 0 Å². The molecule has 1 aliphatic carbocycles. The standard InChI is InChI=1S/C17H25Cl/c1-13-7-8-14(2)15(11-13)12-16(18)17(3)9-5-4-6-10-17/h7-8,11,16H,4-6,9-10,12H2,1-3H3. The van der Waals surface area contributed by atoms with E-state index >= 15 is 0 Å². The lowest BCUT2D eigenvalue weighted by Gasteiger charge is -2.38. The summed E-state index contributed by atoms with van der Waals surface area (Å²) in [5, 5.41) is 0.276. The van der Waals surface area contributed by atoms with Crippen molar-refractivity contribution in [3.05, 3.63) is 34.9 Å². The van der Waals surface area contributed by atoms with Crippen molar-refractivity contribution in [1.82, 2.24) is 0 Å². The van der Waals surface area contributed by atoms with Gasteiger partial charge in [-0.05, 0) is 49.7 Å². The van der Waals surface area contributed by atoms with Crippen LogP contribution in [0.1, 0.15) is 55.7 Å². The van der Waals surface area contributed by atoms with E-state index in [0.717, 1.165) is 6.42 Å². The fourth-order valence-electron chi connectivity index (χ4n) is 3.13. The van der Waals surface area contributed by atoms with E-state index < -0.39 is 0 Å². The van der Waals surface area contributed by atoms with Crippen LogP contribution in [0.15, 0.2) is 18.2 Å². The molecule has 1 atom stereocenters. The van der Waals surface area contributed by atoms with E-state index in [-0.39, 0.29) is 5.38 Å². The van der Waals surface area contributed by atoms with Gasteiger partial charge in [0.25, 0.3) is 0 Å². The number of hydrogen-bond donors (Lipinski definition) is 0. The summed E-state index contributed by atoms with van der Waals surface area (Å²) in [6, 6.07) is 6.71. The molecular formula is C17H25Cl. The van der Waals surface area contributed by atoms with Gasteiger partial charge in [-0.1, -0.05) is 49.9 Å². The summed E-state index contributed by atoms with van der Waals surface area (Å²) in [4.78, 5) is 0. The van der Waals surface area contributed by atoms with Crippen molar-refractivity contribution >= 4 is 11.6 Å². The maximum atomic E-state index is 6.76. The third-order valence-electron chi connectivity index (χ3n) is 4.66. The van der Waals surface area contributed by atoms with Gasteiger partial charge in [-0.2, -0.15) is 0 Å². The van der Waals surface area contributed by atoms with Crippen LogP contribution in [0.5, 0.6) is 0 Å². The van der Waals surface area contributed by atoms with Crippen LogP contribution in [0.4, 0.5) is 0 Å². The summed E-state index contributed by atoms with van der Waals surface area (Å²) in [5.41, 5.74) is 4.50. The Kier molecular flexibility index (Phi) is 4.37. The minimum Gasteiger partial charge on any atom is -0.122 e. The molecule has 2 rings (SSSR count). The molecule has 0 N–H and O–H groups in total. The third-order valence-corrected chi connectivity index (χ3v) is 5.34. The van der Waals surface area contributed by atoms with Crippen LogP contribution in [-0.4, -0.2) is 5.38 Å². The van der Waals surface area contributed by atoms with Crippen LogP contribution < -0.4 is 0 Å². The first-order chi connectivity index (χ1) is 8.51. The van der Waals surface area contributed by atoms with Gasteiger partial charge < -0.3 is 0 Å². The lowest BCUT2D eigenvalue weighted by Crippen LogP contribution is -2.32. The van der Waals surface area contributed by atoms with Crippen LogP contribution in [0.2, 0.25) is 0 Å². The fraction of sp³-hybridized carbons (Fsp3) is 0.647. The Morgan fingerprint density at radius 1 is 1.17 bits per heavy atom. The normalized spacial score (nSPS) is 20.7. The van der Waals surface area contributed by atoms with Crippen molar-refractivity contribution in [1.29, 1.82) is 0 Å². The number of hydrogen-bond acceptors (Lipinski definition) is 0. The SMILES string of the molecule is Cc1ccc(C)c(CC(Cl)C2(C)CCCCC2)c1. The molecule has 1 aromatic carbocycles. The van der Waals surface area contributed by atoms with Gasteiger partial charge in [0.05, 0.1) is 0 Å². The highest BCUT2D eigenvalue weighted by molar-refractivity contribution is 6.21. The summed E-state index contributed by atoms with van der Waals surface area (Å²) in [5.74, 6) is 0. The average Bonchev–Trinajstić information content (AvgIpc) is 2.35. The Morgan fingerprint density at radius 2 is 1.83 bits per heavy atom. The number of aryl methyl sites for hydroxylation is 2. The zero-order valence-corrected chi connectivity index (χ0v) is 12.7. The molecule has 0 aromatic heterocycles. The van der Waals surface area contributed by atoms with Crippen molar-refractivity contribution in [2.24, 2.45) is 5.41 Å². The monoisotopic (exact) mass is 264 g/mol. The van der Waals surface area contributed by atoms with E-state index in [2.05, 4.69) is 39.0 Å². The zero-order chi connectivity index (χ0) is 13.2. The molecule has 1 saturated carbocycles. The molecule has 0 spiro atoms. The molecule has 1 aromatic rings. The predicted molar refractivity (Wildman–Crippen MR) is 80.5 cm³/mol. The van der Waals surface area contributed by atoms with Gasteiger partial charge in [0.15, 0.2) is 0 Å². The Morgan fingerprint density at radius 3 is 2.50 bits per heavy atom.